The lowest BCUT2D eigenvalue weighted by molar-refractivity contribution is -0.143. The number of nitrogens with one attached hydrogen (secondary N) is 3. The van der Waals surface area contributed by atoms with Gasteiger partial charge in [0.25, 0.3) is 0 Å². The van der Waals surface area contributed by atoms with Crippen molar-refractivity contribution in [3.8, 4) is 5.75 Å². The van der Waals surface area contributed by atoms with E-state index >= 15 is 0 Å². The number of hydrogen-bond acceptors (Lipinski definition) is 8. The summed E-state index contributed by atoms with van der Waals surface area (Å²) in [5, 5.41) is 17.2. The Bertz CT molecular complexity index is 825. The van der Waals surface area contributed by atoms with Gasteiger partial charge in [-0.05, 0) is 63.8 Å². The molecule has 190 valence electrons. The Morgan fingerprint density at radius 3 is 2.24 bits per heavy atom. The first-order valence-electron chi connectivity index (χ1n) is 10.9. The van der Waals surface area contributed by atoms with Gasteiger partial charge in [-0.3, -0.25) is 14.4 Å². The number of esters is 1. The third-order valence-electron chi connectivity index (χ3n) is 4.34. The number of amides is 3. The minimum atomic E-state index is -1.05. The predicted octanol–water partition coefficient (Wildman–Crippen LogP) is 1.75. The number of aromatic hydroxyl groups is 1. The standard InChI is InChI=1S/C23H35N3O7S/c1-6-32-19(28)14-24-20(29)17(11-12-34-5)25-21(30)18(26-22(31)33-23(2,3)4)13-15-7-9-16(27)10-8-15/h7-10,17-18,27H,6,11-14H2,1-5H3,(H,24,29)(H,25,30)(H,26,31)/t17-,18-/m1/s1. The van der Waals surface area contributed by atoms with Crippen LogP contribution in [0, 0.1) is 0 Å². The highest BCUT2D eigenvalue weighted by atomic mass is 32.2. The molecule has 0 spiro atoms. The van der Waals surface area contributed by atoms with E-state index in [0.717, 1.165) is 0 Å². The summed E-state index contributed by atoms with van der Waals surface area (Å²) >= 11 is 1.50. The summed E-state index contributed by atoms with van der Waals surface area (Å²) in [4.78, 5) is 49.7. The molecule has 0 aliphatic carbocycles. The van der Waals surface area contributed by atoms with Crippen molar-refractivity contribution in [2.45, 2.75) is 58.2 Å². The molecule has 2 atom stereocenters. The van der Waals surface area contributed by atoms with E-state index < -0.39 is 41.6 Å². The number of phenols is 1. The van der Waals surface area contributed by atoms with E-state index in [0.29, 0.717) is 17.7 Å². The summed E-state index contributed by atoms with van der Waals surface area (Å²) in [6.07, 6.45) is 1.51. The Hall–Kier alpha value is -2.95. The summed E-state index contributed by atoms with van der Waals surface area (Å²) in [5.74, 6) is -1.05. The molecule has 0 aliphatic heterocycles. The lowest BCUT2D eigenvalue weighted by Gasteiger charge is -2.25. The largest absolute Gasteiger partial charge is 0.508 e. The van der Waals surface area contributed by atoms with Crippen molar-refractivity contribution < 1.29 is 33.8 Å². The fourth-order valence-corrected chi connectivity index (χ4v) is 3.27. The molecule has 4 N–H and O–H groups in total. The fourth-order valence-electron chi connectivity index (χ4n) is 2.80. The van der Waals surface area contributed by atoms with Gasteiger partial charge in [0.2, 0.25) is 11.8 Å². The van der Waals surface area contributed by atoms with Crippen LogP contribution in [0.2, 0.25) is 0 Å². The monoisotopic (exact) mass is 497 g/mol. The van der Waals surface area contributed by atoms with Crippen LogP contribution in [0.1, 0.15) is 39.7 Å². The van der Waals surface area contributed by atoms with Crippen molar-refractivity contribution in [3.63, 3.8) is 0 Å². The van der Waals surface area contributed by atoms with Crippen molar-refractivity contribution in [1.29, 1.82) is 0 Å². The highest BCUT2D eigenvalue weighted by molar-refractivity contribution is 7.98. The maximum atomic E-state index is 13.1. The maximum absolute atomic E-state index is 13.1. The van der Waals surface area contributed by atoms with Gasteiger partial charge >= 0.3 is 12.1 Å². The lowest BCUT2D eigenvalue weighted by atomic mass is 10.0. The number of rotatable bonds is 12. The number of phenolic OH excluding ortho intramolecular Hbond substituents is 1. The zero-order valence-electron chi connectivity index (χ0n) is 20.3. The number of benzene rings is 1. The molecule has 0 radical (unpaired) electrons. The van der Waals surface area contributed by atoms with E-state index in [1.807, 2.05) is 6.26 Å². The normalized spacial score (nSPS) is 12.7. The second-order valence-electron chi connectivity index (χ2n) is 8.43. The average molecular weight is 498 g/mol. The smallest absolute Gasteiger partial charge is 0.408 e. The molecule has 1 aromatic rings. The lowest BCUT2D eigenvalue weighted by Crippen LogP contribution is -2.55. The van der Waals surface area contributed by atoms with E-state index in [1.54, 1.807) is 39.8 Å². The van der Waals surface area contributed by atoms with Crippen LogP contribution in [-0.2, 0) is 30.3 Å². The molecule has 11 heteroatoms. The van der Waals surface area contributed by atoms with Crippen molar-refractivity contribution in [2.24, 2.45) is 0 Å². The van der Waals surface area contributed by atoms with Gasteiger partial charge in [0.05, 0.1) is 6.61 Å². The van der Waals surface area contributed by atoms with Crippen LogP contribution in [-0.4, -0.2) is 71.8 Å². The molecule has 0 saturated heterocycles. The molecule has 34 heavy (non-hydrogen) atoms. The summed E-state index contributed by atoms with van der Waals surface area (Å²) in [6.45, 7) is 6.64. The fraction of sp³-hybridized carbons (Fsp3) is 0.565. The molecule has 0 heterocycles. The van der Waals surface area contributed by atoms with E-state index in [1.165, 1.54) is 23.9 Å². The highest BCUT2D eigenvalue weighted by Gasteiger charge is 2.28. The zero-order valence-corrected chi connectivity index (χ0v) is 21.1. The molecule has 0 unspecified atom stereocenters. The first-order chi connectivity index (χ1) is 15.9. The Labute approximate surface area is 204 Å². The molecule has 1 rings (SSSR count). The van der Waals surface area contributed by atoms with Gasteiger partial charge in [0.15, 0.2) is 0 Å². The number of hydrogen-bond donors (Lipinski definition) is 4. The SMILES string of the molecule is CCOC(=O)CNC(=O)[C@@H](CCSC)NC(=O)[C@@H](Cc1ccc(O)cc1)NC(=O)OC(C)(C)C. The van der Waals surface area contributed by atoms with E-state index in [-0.39, 0.29) is 25.3 Å². The van der Waals surface area contributed by atoms with E-state index in [4.69, 9.17) is 9.47 Å². The van der Waals surface area contributed by atoms with E-state index in [9.17, 15) is 24.3 Å². The maximum Gasteiger partial charge on any atom is 0.408 e. The Morgan fingerprint density at radius 1 is 1.03 bits per heavy atom. The first kappa shape index (κ1) is 29.1. The molecule has 0 bridgehead atoms. The zero-order chi connectivity index (χ0) is 25.7. The van der Waals surface area contributed by atoms with Gasteiger partial charge in [-0.15, -0.1) is 0 Å². The van der Waals surface area contributed by atoms with Crippen LogP contribution >= 0.6 is 11.8 Å². The average Bonchev–Trinajstić information content (AvgIpc) is 2.74. The first-order valence-corrected chi connectivity index (χ1v) is 12.3. The Kier molecular flexibility index (Phi) is 12.3. The number of thioether (sulfide) groups is 1. The minimum Gasteiger partial charge on any atom is -0.508 e. The van der Waals surface area contributed by atoms with Crippen molar-refractivity contribution in [1.82, 2.24) is 16.0 Å². The number of alkyl carbamates (subject to hydrolysis) is 1. The molecule has 0 fully saturated rings. The minimum absolute atomic E-state index is 0.0697. The number of carbonyl (C=O) groups excluding carboxylic acids is 4. The van der Waals surface area contributed by atoms with Gasteiger partial charge in [-0.2, -0.15) is 11.8 Å². The number of carbonyl (C=O) groups is 4. The van der Waals surface area contributed by atoms with Crippen LogP contribution in [0.4, 0.5) is 4.79 Å². The number of ether oxygens (including phenoxy) is 2. The molecule has 0 aromatic heterocycles. The summed E-state index contributed by atoms with van der Waals surface area (Å²) < 4.78 is 10.1. The quantitative estimate of drug-likeness (QED) is 0.320. The third kappa shape index (κ3) is 11.8. The van der Waals surface area contributed by atoms with Gasteiger partial charge in [0, 0.05) is 6.42 Å². The van der Waals surface area contributed by atoms with Gasteiger partial charge < -0.3 is 30.5 Å². The second-order valence-corrected chi connectivity index (χ2v) is 9.42. The van der Waals surface area contributed by atoms with Gasteiger partial charge in [-0.1, -0.05) is 12.1 Å². The van der Waals surface area contributed by atoms with Crippen molar-refractivity contribution in [3.05, 3.63) is 29.8 Å². The van der Waals surface area contributed by atoms with Gasteiger partial charge in [-0.25, -0.2) is 4.79 Å². The van der Waals surface area contributed by atoms with Crippen molar-refractivity contribution >= 4 is 35.6 Å². The molecule has 0 aliphatic rings. The molecular weight excluding hydrogens is 462 g/mol. The highest BCUT2D eigenvalue weighted by Crippen LogP contribution is 2.13. The molecule has 10 nitrogen and oxygen atoms in total. The van der Waals surface area contributed by atoms with Crippen molar-refractivity contribution in [2.75, 3.05) is 25.2 Å². The van der Waals surface area contributed by atoms with Crippen LogP contribution in [0.25, 0.3) is 0 Å². The molecule has 1 aromatic carbocycles. The van der Waals surface area contributed by atoms with Crippen LogP contribution in [0.3, 0.4) is 0 Å². The molecule has 3 amide bonds. The van der Waals surface area contributed by atoms with Gasteiger partial charge in [0.1, 0.15) is 30.0 Å². The van der Waals surface area contributed by atoms with Crippen LogP contribution in [0.5, 0.6) is 5.75 Å². The predicted molar refractivity (Wildman–Crippen MR) is 130 cm³/mol. The Balaban J connectivity index is 2.98. The second kappa shape index (κ2) is 14.3. The summed E-state index contributed by atoms with van der Waals surface area (Å²) in [6, 6.07) is 4.24. The molecular formula is C23H35N3O7S. The van der Waals surface area contributed by atoms with Crippen LogP contribution in [0.15, 0.2) is 24.3 Å². The summed E-state index contributed by atoms with van der Waals surface area (Å²) in [7, 11) is 0. The Morgan fingerprint density at radius 2 is 1.68 bits per heavy atom. The molecule has 0 saturated carbocycles. The summed E-state index contributed by atoms with van der Waals surface area (Å²) in [5.41, 5.74) is -0.0845. The topological polar surface area (TPSA) is 143 Å². The van der Waals surface area contributed by atoms with Crippen LogP contribution < -0.4 is 16.0 Å². The third-order valence-corrected chi connectivity index (χ3v) is 4.98. The van der Waals surface area contributed by atoms with E-state index in [2.05, 4.69) is 16.0 Å².